The molecule has 0 radical (unpaired) electrons. The Morgan fingerprint density at radius 2 is 1.93 bits per heavy atom. The maximum absolute atomic E-state index is 12.5. The van der Waals surface area contributed by atoms with E-state index in [4.69, 9.17) is 5.11 Å². The Labute approximate surface area is 76.7 Å². The minimum atomic E-state index is -4.85. The number of ether oxygens (including phenoxy) is 1. The molecule has 0 spiro atoms. The maximum atomic E-state index is 12.5. The highest BCUT2D eigenvalue weighted by molar-refractivity contribution is 5.33. The van der Waals surface area contributed by atoms with Crippen LogP contribution in [0.2, 0.25) is 0 Å². The smallest absolute Gasteiger partial charge is 0.405 e. The summed E-state index contributed by atoms with van der Waals surface area (Å²) < 4.78 is 51.4. The molecule has 0 aliphatic heterocycles. The van der Waals surface area contributed by atoms with Gasteiger partial charge in [0, 0.05) is 5.56 Å². The predicted molar refractivity (Wildman–Crippen MR) is 39.0 cm³/mol. The summed E-state index contributed by atoms with van der Waals surface area (Å²) in [4.78, 5) is 0. The number of hydrogen-bond donors (Lipinski definition) is 1. The van der Waals surface area contributed by atoms with Crippen LogP contribution in [0.25, 0.3) is 0 Å². The van der Waals surface area contributed by atoms with Gasteiger partial charge in [-0.3, -0.25) is 0 Å². The molecule has 1 aromatic rings. The van der Waals surface area contributed by atoms with Gasteiger partial charge in [0.2, 0.25) is 0 Å². The molecule has 0 unspecified atom stereocenters. The fraction of sp³-hybridized carbons (Fsp3) is 0.250. The van der Waals surface area contributed by atoms with Gasteiger partial charge in [-0.25, -0.2) is 4.39 Å². The van der Waals surface area contributed by atoms with E-state index in [0.29, 0.717) is 0 Å². The lowest BCUT2D eigenvalue weighted by Crippen LogP contribution is -2.18. The Morgan fingerprint density at radius 1 is 1.29 bits per heavy atom. The molecule has 0 saturated heterocycles. The number of benzene rings is 1. The molecule has 6 heteroatoms. The third-order valence-electron chi connectivity index (χ3n) is 1.42. The minimum Gasteiger partial charge on any atom is -0.405 e. The quantitative estimate of drug-likeness (QED) is 0.758. The fourth-order valence-electron chi connectivity index (χ4n) is 0.896. The van der Waals surface area contributed by atoms with Gasteiger partial charge in [-0.1, -0.05) is 0 Å². The average molecular weight is 210 g/mol. The molecule has 0 fully saturated rings. The molecular formula is C8H6F4O2. The summed E-state index contributed by atoms with van der Waals surface area (Å²) in [6, 6.07) is 2.41. The average Bonchev–Trinajstić information content (AvgIpc) is 2.06. The Balaban J connectivity index is 2.97. The Hall–Kier alpha value is -1.30. The van der Waals surface area contributed by atoms with Crippen molar-refractivity contribution in [3.8, 4) is 5.75 Å². The molecular weight excluding hydrogens is 204 g/mol. The number of hydrogen-bond acceptors (Lipinski definition) is 2. The number of aliphatic hydroxyl groups is 1. The largest absolute Gasteiger partial charge is 0.573 e. The number of aliphatic hydroxyl groups excluding tert-OH is 1. The van der Waals surface area contributed by atoms with Crippen LogP contribution in [0, 0.1) is 5.82 Å². The molecule has 0 amide bonds. The van der Waals surface area contributed by atoms with E-state index in [9.17, 15) is 17.6 Å². The first-order valence-electron chi connectivity index (χ1n) is 3.57. The molecule has 0 aromatic heterocycles. The van der Waals surface area contributed by atoms with Gasteiger partial charge >= 0.3 is 6.36 Å². The van der Waals surface area contributed by atoms with Gasteiger partial charge in [-0.05, 0) is 18.2 Å². The first-order chi connectivity index (χ1) is 6.42. The molecule has 0 heterocycles. The number of alkyl halides is 3. The van der Waals surface area contributed by atoms with Gasteiger partial charge in [0.05, 0.1) is 6.61 Å². The molecule has 1 aromatic carbocycles. The third kappa shape index (κ3) is 2.88. The molecule has 0 aliphatic rings. The second-order valence-corrected chi connectivity index (χ2v) is 2.46. The number of rotatable bonds is 2. The molecule has 1 rings (SSSR count). The van der Waals surface area contributed by atoms with Crippen molar-refractivity contribution in [2.45, 2.75) is 13.0 Å². The molecule has 0 atom stereocenters. The maximum Gasteiger partial charge on any atom is 0.573 e. The van der Waals surface area contributed by atoms with Crippen molar-refractivity contribution < 1.29 is 27.4 Å². The van der Waals surface area contributed by atoms with Crippen LogP contribution in [0.1, 0.15) is 5.56 Å². The normalized spacial score (nSPS) is 11.5. The summed E-state index contributed by atoms with van der Waals surface area (Å²) >= 11 is 0. The zero-order valence-corrected chi connectivity index (χ0v) is 6.81. The summed E-state index contributed by atoms with van der Waals surface area (Å²) in [6.45, 7) is -0.719. The van der Waals surface area contributed by atoms with Crippen LogP contribution in [0.4, 0.5) is 17.6 Å². The lowest BCUT2D eigenvalue weighted by molar-refractivity contribution is -0.275. The molecule has 78 valence electrons. The van der Waals surface area contributed by atoms with Gasteiger partial charge in [-0.15, -0.1) is 13.2 Å². The van der Waals surface area contributed by atoms with Crippen LogP contribution in [0.5, 0.6) is 5.75 Å². The van der Waals surface area contributed by atoms with Gasteiger partial charge in [0.1, 0.15) is 11.6 Å². The van der Waals surface area contributed by atoms with Crippen LogP contribution in [0.15, 0.2) is 18.2 Å². The van der Waals surface area contributed by atoms with E-state index in [1.165, 1.54) is 0 Å². The molecule has 1 N–H and O–H groups in total. The van der Waals surface area contributed by atoms with Crippen molar-refractivity contribution in [3.05, 3.63) is 29.6 Å². The van der Waals surface area contributed by atoms with Crippen molar-refractivity contribution in [2.75, 3.05) is 0 Å². The molecule has 0 aliphatic carbocycles. The van der Waals surface area contributed by atoms with E-state index in [1.807, 2.05) is 0 Å². The first-order valence-corrected chi connectivity index (χ1v) is 3.57. The van der Waals surface area contributed by atoms with Crippen LogP contribution < -0.4 is 4.74 Å². The highest BCUT2D eigenvalue weighted by Crippen LogP contribution is 2.26. The van der Waals surface area contributed by atoms with Crippen molar-refractivity contribution in [3.63, 3.8) is 0 Å². The standard InChI is InChI=1S/C8H6F4O2/c9-6-1-2-7(5(3-6)4-13)14-8(10,11)12/h1-3,13H,4H2. The predicted octanol–water partition coefficient (Wildman–Crippen LogP) is 2.22. The first kappa shape index (κ1) is 10.8. The molecule has 2 nitrogen and oxygen atoms in total. The van der Waals surface area contributed by atoms with Crippen LogP contribution in [-0.4, -0.2) is 11.5 Å². The Kier molecular flexibility index (Phi) is 2.95. The van der Waals surface area contributed by atoms with E-state index >= 15 is 0 Å². The van der Waals surface area contributed by atoms with E-state index in [2.05, 4.69) is 4.74 Å². The van der Waals surface area contributed by atoms with Crippen molar-refractivity contribution in [1.82, 2.24) is 0 Å². The monoisotopic (exact) mass is 210 g/mol. The van der Waals surface area contributed by atoms with Gasteiger partial charge in [0.25, 0.3) is 0 Å². The zero-order valence-electron chi connectivity index (χ0n) is 6.81. The van der Waals surface area contributed by atoms with Crippen molar-refractivity contribution >= 4 is 0 Å². The van der Waals surface area contributed by atoms with Crippen molar-refractivity contribution in [1.29, 1.82) is 0 Å². The topological polar surface area (TPSA) is 29.5 Å². The van der Waals surface area contributed by atoms with Crippen LogP contribution in [-0.2, 0) is 6.61 Å². The van der Waals surface area contributed by atoms with E-state index in [-0.39, 0.29) is 5.56 Å². The summed E-state index contributed by atoms with van der Waals surface area (Å²) in [5.74, 6) is -1.33. The van der Waals surface area contributed by atoms with Gasteiger partial charge < -0.3 is 9.84 Å². The summed E-state index contributed by atoms with van der Waals surface area (Å²) in [6.07, 6.45) is -4.85. The molecule has 0 bridgehead atoms. The van der Waals surface area contributed by atoms with E-state index in [1.54, 1.807) is 0 Å². The fourth-order valence-corrected chi connectivity index (χ4v) is 0.896. The Bertz CT molecular complexity index is 322. The summed E-state index contributed by atoms with van der Waals surface area (Å²) in [5.41, 5.74) is -0.248. The SMILES string of the molecule is OCc1cc(F)ccc1OC(F)(F)F. The zero-order chi connectivity index (χ0) is 10.8. The molecule has 14 heavy (non-hydrogen) atoms. The van der Waals surface area contributed by atoms with Crippen LogP contribution in [0.3, 0.4) is 0 Å². The highest BCUT2D eigenvalue weighted by Gasteiger charge is 2.32. The second-order valence-electron chi connectivity index (χ2n) is 2.46. The van der Waals surface area contributed by atoms with Crippen LogP contribution >= 0.6 is 0 Å². The minimum absolute atomic E-state index is 0.248. The lowest BCUT2D eigenvalue weighted by atomic mass is 10.2. The molecule has 0 saturated carbocycles. The summed E-state index contributed by atoms with van der Waals surface area (Å²) in [5, 5.41) is 8.63. The van der Waals surface area contributed by atoms with Gasteiger partial charge in [-0.2, -0.15) is 0 Å². The van der Waals surface area contributed by atoms with E-state index < -0.39 is 24.5 Å². The van der Waals surface area contributed by atoms with Gasteiger partial charge in [0.15, 0.2) is 0 Å². The van der Waals surface area contributed by atoms with Crippen molar-refractivity contribution in [2.24, 2.45) is 0 Å². The lowest BCUT2D eigenvalue weighted by Gasteiger charge is -2.11. The highest BCUT2D eigenvalue weighted by atomic mass is 19.4. The number of halogens is 4. The third-order valence-corrected chi connectivity index (χ3v) is 1.42. The summed E-state index contributed by atoms with van der Waals surface area (Å²) in [7, 11) is 0. The van der Waals surface area contributed by atoms with E-state index in [0.717, 1.165) is 18.2 Å². The Morgan fingerprint density at radius 3 is 2.43 bits per heavy atom. The second kappa shape index (κ2) is 3.83.